The van der Waals surface area contributed by atoms with Gasteiger partial charge in [-0.1, -0.05) is 36.4 Å². The highest BCUT2D eigenvalue weighted by Gasteiger charge is 2.53. The number of hydrogen-bond donors (Lipinski definition) is 0. The standard InChI is InChI=1S/C19H19NO2/c1-20-11-10-13-6-3-4-8-15(13)19(20)12-14-7-5-9-16(22-2)17(14)18(19)21/h3-9H,10-12H2,1-2H3. The van der Waals surface area contributed by atoms with E-state index in [1.54, 1.807) is 7.11 Å². The van der Waals surface area contributed by atoms with Crippen molar-refractivity contribution in [2.24, 2.45) is 0 Å². The van der Waals surface area contributed by atoms with Crippen molar-refractivity contribution in [3.8, 4) is 5.75 Å². The Balaban J connectivity index is 1.96. The Morgan fingerprint density at radius 1 is 1.09 bits per heavy atom. The number of benzene rings is 2. The fourth-order valence-electron chi connectivity index (χ4n) is 4.07. The molecule has 112 valence electrons. The molecule has 2 aromatic carbocycles. The third-order valence-corrected chi connectivity index (χ3v) is 5.21. The quantitative estimate of drug-likeness (QED) is 0.810. The molecule has 1 unspecified atom stereocenters. The fraction of sp³-hybridized carbons (Fsp3) is 0.316. The summed E-state index contributed by atoms with van der Waals surface area (Å²) in [4.78, 5) is 15.6. The smallest absolute Gasteiger partial charge is 0.191 e. The van der Waals surface area contributed by atoms with Crippen molar-refractivity contribution in [2.75, 3.05) is 20.7 Å². The van der Waals surface area contributed by atoms with Crippen LogP contribution < -0.4 is 4.74 Å². The lowest BCUT2D eigenvalue weighted by molar-refractivity contribution is 0.0615. The van der Waals surface area contributed by atoms with Crippen LogP contribution in [0.15, 0.2) is 42.5 Å². The summed E-state index contributed by atoms with van der Waals surface area (Å²) in [6, 6.07) is 14.3. The van der Waals surface area contributed by atoms with Crippen LogP contribution in [0, 0.1) is 0 Å². The second kappa shape index (κ2) is 4.68. The Morgan fingerprint density at radius 3 is 2.68 bits per heavy atom. The predicted octanol–water partition coefficient (Wildman–Crippen LogP) is 2.82. The van der Waals surface area contributed by atoms with Gasteiger partial charge in [-0.3, -0.25) is 9.69 Å². The molecular weight excluding hydrogens is 274 g/mol. The molecule has 0 N–H and O–H groups in total. The average molecular weight is 293 g/mol. The summed E-state index contributed by atoms with van der Waals surface area (Å²) < 4.78 is 5.45. The summed E-state index contributed by atoms with van der Waals surface area (Å²) in [5.41, 5.74) is 3.74. The number of methoxy groups -OCH3 is 1. The van der Waals surface area contributed by atoms with Crippen molar-refractivity contribution in [3.05, 3.63) is 64.7 Å². The molecule has 1 aliphatic heterocycles. The molecule has 3 heteroatoms. The number of ether oxygens (including phenoxy) is 1. The van der Waals surface area contributed by atoms with Gasteiger partial charge >= 0.3 is 0 Å². The van der Waals surface area contributed by atoms with Gasteiger partial charge in [0, 0.05) is 13.0 Å². The Hall–Kier alpha value is -2.13. The van der Waals surface area contributed by atoms with Crippen molar-refractivity contribution in [3.63, 3.8) is 0 Å². The van der Waals surface area contributed by atoms with Crippen LogP contribution in [0.4, 0.5) is 0 Å². The van der Waals surface area contributed by atoms with Gasteiger partial charge < -0.3 is 4.74 Å². The normalized spacial score (nSPS) is 23.5. The fourth-order valence-corrected chi connectivity index (χ4v) is 4.07. The van der Waals surface area contributed by atoms with Crippen molar-refractivity contribution in [2.45, 2.75) is 18.4 Å². The van der Waals surface area contributed by atoms with Crippen molar-refractivity contribution >= 4 is 5.78 Å². The minimum absolute atomic E-state index is 0.176. The Labute approximate surface area is 130 Å². The molecule has 0 amide bonds. The lowest BCUT2D eigenvalue weighted by atomic mass is 9.78. The molecule has 22 heavy (non-hydrogen) atoms. The molecule has 2 aliphatic rings. The van der Waals surface area contributed by atoms with Gasteiger partial charge in [-0.25, -0.2) is 0 Å². The number of nitrogens with zero attached hydrogens (tertiary/aromatic N) is 1. The summed E-state index contributed by atoms with van der Waals surface area (Å²) >= 11 is 0. The number of likely N-dealkylation sites (N-methyl/N-ethyl adjacent to an activating group) is 1. The van der Waals surface area contributed by atoms with Crippen LogP contribution >= 0.6 is 0 Å². The number of carbonyl (C=O) groups excluding carboxylic acids is 1. The van der Waals surface area contributed by atoms with E-state index in [0.717, 1.165) is 36.1 Å². The van der Waals surface area contributed by atoms with E-state index >= 15 is 0 Å². The van der Waals surface area contributed by atoms with Gasteiger partial charge in [0.15, 0.2) is 5.78 Å². The van der Waals surface area contributed by atoms with Crippen LogP contribution in [0.3, 0.4) is 0 Å². The van der Waals surface area contributed by atoms with Gasteiger partial charge in [0.05, 0.1) is 12.7 Å². The number of rotatable bonds is 1. The van der Waals surface area contributed by atoms with Crippen LogP contribution in [0.25, 0.3) is 0 Å². The molecule has 1 aliphatic carbocycles. The maximum Gasteiger partial charge on any atom is 0.191 e. The van der Waals surface area contributed by atoms with Crippen molar-refractivity contribution in [1.29, 1.82) is 0 Å². The molecule has 1 spiro atoms. The summed E-state index contributed by atoms with van der Waals surface area (Å²) in [6.07, 6.45) is 1.72. The number of Topliss-reactive ketones (excluding diaryl/α,β-unsaturated/α-hetero) is 1. The first-order valence-electron chi connectivity index (χ1n) is 7.69. The lowest BCUT2D eigenvalue weighted by Gasteiger charge is -2.42. The predicted molar refractivity (Wildman–Crippen MR) is 85.5 cm³/mol. The van der Waals surface area contributed by atoms with Gasteiger partial charge in [0.2, 0.25) is 0 Å². The molecule has 2 aromatic rings. The number of fused-ring (bicyclic) bond motifs is 3. The summed E-state index contributed by atoms with van der Waals surface area (Å²) in [5.74, 6) is 0.866. The first kappa shape index (κ1) is 13.5. The van der Waals surface area contributed by atoms with Crippen LogP contribution in [0.2, 0.25) is 0 Å². The van der Waals surface area contributed by atoms with Gasteiger partial charge in [0.1, 0.15) is 11.3 Å². The van der Waals surface area contributed by atoms with E-state index in [4.69, 9.17) is 4.74 Å². The maximum absolute atomic E-state index is 13.4. The molecule has 0 fully saturated rings. The molecule has 0 radical (unpaired) electrons. The Kier molecular flexibility index (Phi) is 2.88. The van der Waals surface area contributed by atoms with E-state index in [1.165, 1.54) is 5.56 Å². The molecule has 3 nitrogen and oxygen atoms in total. The molecule has 1 heterocycles. The highest BCUT2D eigenvalue weighted by molar-refractivity contribution is 6.10. The zero-order chi connectivity index (χ0) is 15.3. The van der Waals surface area contributed by atoms with Gasteiger partial charge in [0.25, 0.3) is 0 Å². The van der Waals surface area contributed by atoms with Crippen molar-refractivity contribution < 1.29 is 9.53 Å². The van der Waals surface area contributed by atoms with E-state index in [2.05, 4.69) is 36.2 Å². The molecule has 0 aromatic heterocycles. The monoisotopic (exact) mass is 293 g/mol. The largest absolute Gasteiger partial charge is 0.496 e. The highest BCUT2D eigenvalue weighted by Crippen LogP contribution is 2.47. The van der Waals surface area contributed by atoms with Crippen LogP contribution in [-0.2, 0) is 18.4 Å². The Bertz CT molecular complexity index is 768. The number of hydrogen-bond acceptors (Lipinski definition) is 3. The molecule has 0 saturated heterocycles. The minimum atomic E-state index is -0.564. The third-order valence-electron chi connectivity index (χ3n) is 5.21. The van der Waals surface area contributed by atoms with Gasteiger partial charge in [-0.05, 0) is 36.2 Å². The SMILES string of the molecule is COc1cccc2c1C(=O)C1(C2)c2ccccc2CCN1C. The zero-order valence-corrected chi connectivity index (χ0v) is 12.9. The second-order valence-corrected chi connectivity index (χ2v) is 6.19. The van der Waals surface area contributed by atoms with Crippen LogP contribution in [0.5, 0.6) is 5.75 Å². The topological polar surface area (TPSA) is 29.5 Å². The molecule has 0 saturated carbocycles. The van der Waals surface area contributed by atoms with Crippen LogP contribution in [-0.4, -0.2) is 31.4 Å². The molecule has 4 rings (SSSR count). The Morgan fingerprint density at radius 2 is 1.86 bits per heavy atom. The van der Waals surface area contributed by atoms with E-state index in [1.807, 2.05) is 18.2 Å². The average Bonchev–Trinajstić information content (AvgIpc) is 2.86. The summed E-state index contributed by atoms with van der Waals surface area (Å²) in [6.45, 7) is 0.902. The van der Waals surface area contributed by atoms with Crippen molar-refractivity contribution in [1.82, 2.24) is 4.90 Å². The molecule has 0 bridgehead atoms. The molecule has 1 atom stereocenters. The van der Waals surface area contributed by atoms with Crippen LogP contribution in [0.1, 0.15) is 27.0 Å². The van der Waals surface area contributed by atoms with E-state index in [-0.39, 0.29) is 5.78 Å². The first-order valence-corrected chi connectivity index (χ1v) is 7.69. The third kappa shape index (κ3) is 1.57. The van der Waals surface area contributed by atoms with E-state index < -0.39 is 5.54 Å². The molecular formula is C19H19NO2. The summed E-state index contributed by atoms with van der Waals surface area (Å²) in [7, 11) is 3.69. The van der Waals surface area contributed by atoms with Gasteiger partial charge in [-0.15, -0.1) is 0 Å². The second-order valence-electron chi connectivity index (χ2n) is 6.19. The zero-order valence-electron chi connectivity index (χ0n) is 12.9. The van der Waals surface area contributed by atoms with E-state index in [9.17, 15) is 4.79 Å². The summed E-state index contributed by atoms with van der Waals surface area (Å²) in [5, 5.41) is 0. The highest BCUT2D eigenvalue weighted by atomic mass is 16.5. The number of carbonyl (C=O) groups is 1. The minimum Gasteiger partial charge on any atom is -0.496 e. The van der Waals surface area contributed by atoms with E-state index in [0.29, 0.717) is 5.75 Å². The number of ketones is 1. The maximum atomic E-state index is 13.4. The first-order chi connectivity index (χ1) is 10.7. The van der Waals surface area contributed by atoms with Gasteiger partial charge in [-0.2, -0.15) is 0 Å². The lowest BCUT2D eigenvalue weighted by Crippen LogP contribution is -2.52.